The highest BCUT2D eigenvalue weighted by molar-refractivity contribution is 5.83. The van der Waals surface area contributed by atoms with Gasteiger partial charge in [0.1, 0.15) is 6.54 Å². The topological polar surface area (TPSA) is 130 Å². The van der Waals surface area contributed by atoms with E-state index in [0.29, 0.717) is 5.82 Å². The van der Waals surface area contributed by atoms with Crippen molar-refractivity contribution < 1.29 is 9.59 Å². The number of nitrogens with one attached hydrogen (secondary N) is 2. The maximum atomic E-state index is 12.3. The highest BCUT2D eigenvalue weighted by Crippen LogP contribution is 2.29. The summed E-state index contributed by atoms with van der Waals surface area (Å²) in [6.07, 6.45) is 0. The maximum Gasteiger partial charge on any atom is 0.318 e. The second kappa shape index (κ2) is 8.96. The fraction of sp³-hybridized carbons (Fsp3) is 0.250. The van der Waals surface area contributed by atoms with Crippen molar-refractivity contribution in [2.45, 2.75) is 26.4 Å². The fourth-order valence-corrected chi connectivity index (χ4v) is 2.95. The van der Waals surface area contributed by atoms with Crippen LogP contribution >= 0.6 is 0 Å². The minimum Gasteiger partial charge on any atom is -0.368 e. The molecule has 0 aliphatic carbocycles. The lowest BCUT2D eigenvalue weighted by Crippen LogP contribution is -2.46. The Morgan fingerprint density at radius 2 is 1.79 bits per heavy atom. The summed E-state index contributed by atoms with van der Waals surface area (Å²) in [5.41, 5.74) is 9.02. The number of urea groups is 1. The summed E-state index contributed by atoms with van der Waals surface area (Å²) in [6.45, 7) is 3.84. The summed E-state index contributed by atoms with van der Waals surface area (Å²) < 4.78 is 0. The smallest absolute Gasteiger partial charge is 0.318 e. The van der Waals surface area contributed by atoms with E-state index in [4.69, 9.17) is 5.73 Å². The molecule has 3 amide bonds. The summed E-state index contributed by atoms with van der Waals surface area (Å²) in [5, 5.41) is 16.8. The molecule has 0 spiro atoms. The quantitative estimate of drug-likeness (QED) is 0.565. The monoisotopic (exact) mass is 393 g/mol. The lowest BCUT2D eigenvalue weighted by Gasteiger charge is -2.23. The summed E-state index contributed by atoms with van der Waals surface area (Å²) in [6, 6.07) is 15.2. The van der Waals surface area contributed by atoms with E-state index in [1.807, 2.05) is 62.4 Å². The van der Waals surface area contributed by atoms with Gasteiger partial charge in [-0.05, 0) is 41.0 Å². The Labute approximate surface area is 168 Å². The van der Waals surface area contributed by atoms with Crippen LogP contribution in [0.2, 0.25) is 0 Å². The number of benzene rings is 2. The molecule has 3 rings (SSSR count). The molecule has 0 unspecified atom stereocenters. The van der Waals surface area contributed by atoms with Crippen LogP contribution in [0.1, 0.15) is 19.4 Å². The second-order valence-corrected chi connectivity index (χ2v) is 6.92. The number of nitrogens with zero attached hydrogens (tertiary/aromatic N) is 4. The highest BCUT2D eigenvalue weighted by Gasteiger charge is 2.17. The van der Waals surface area contributed by atoms with Gasteiger partial charge < -0.3 is 16.0 Å². The fourth-order valence-electron chi connectivity index (χ4n) is 2.95. The largest absolute Gasteiger partial charge is 0.368 e. The van der Waals surface area contributed by atoms with Crippen LogP contribution in [0, 0.1) is 0 Å². The molecule has 3 aromatic rings. The van der Waals surface area contributed by atoms with Gasteiger partial charge in [0.25, 0.3) is 0 Å². The Morgan fingerprint density at radius 3 is 2.38 bits per heavy atom. The van der Waals surface area contributed by atoms with Crippen molar-refractivity contribution in [1.82, 2.24) is 30.8 Å². The van der Waals surface area contributed by atoms with Gasteiger partial charge in [0.05, 0.1) is 0 Å². The summed E-state index contributed by atoms with van der Waals surface area (Å²) in [5.74, 6) is 0.0257. The number of hydrogen-bond acceptors (Lipinski definition) is 5. The van der Waals surface area contributed by atoms with E-state index in [1.165, 1.54) is 4.90 Å². The molecule has 150 valence electrons. The maximum absolute atomic E-state index is 12.3. The van der Waals surface area contributed by atoms with E-state index in [0.717, 1.165) is 22.3 Å². The molecule has 9 nitrogen and oxygen atoms in total. The number of nitrogens with two attached hydrogens (primary N) is 1. The zero-order chi connectivity index (χ0) is 20.8. The molecule has 1 heterocycles. The van der Waals surface area contributed by atoms with Crippen LogP contribution in [0.5, 0.6) is 0 Å². The first-order valence-corrected chi connectivity index (χ1v) is 9.20. The molecule has 0 aliphatic rings. The van der Waals surface area contributed by atoms with Crippen molar-refractivity contribution in [2.75, 3.05) is 6.54 Å². The van der Waals surface area contributed by atoms with E-state index in [2.05, 4.69) is 25.9 Å². The standard InChI is InChI=1S/C20H23N7O2/c1-13(2)22-20(29)27(12-18(21)28)11-14-7-9-15(10-8-14)16-5-3-4-6-17(16)19-23-25-26-24-19/h3-10,13H,11-12H2,1-2H3,(H2,21,28)(H,22,29)(H,23,24,25,26). The van der Waals surface area contributed by atoms with Crippen LogP contribution in [0.3, 0.4) is 0 Å². The van der Waals surface area contributed by atoms with Crippen molar-refractivity contribution in [3.63, 3.8) is 0 Å². The lowest BCUT2D eigenvalue weighted by atomic mass is 9.98. The van der Waals surface area contributed by atoms with E-state index in [-0.39, 0.29) is 25.2 Å². The molecule has 0 atom stereocenters. The minimum absolute atomic E-state index is 0.0395. The Bertz CT molecular complexity index is 969. The molecule has 9 heteroatoms. The predicted molar refractivity (Wildman–Crippen MR) is 108 cm³/mol. The number of aromatic amines is 1. The van der Waals surface area contributed by atoms with E-state index in [1.54, 1.807) is 0 Å². The third kappa shape index (κ3) is 5.16. The van der Waals surface area contributed by atoms with Gasteiger partial charge in [0.2, 0.25) is 5.91 Å². The van der Waals surface area contributed by atoms with Gasteiger partial charge in [0, 0.05) is 18.2 Å². The Kier molecular flexibility index (Phi) is 6.18. The molecular weight excluding hydrogens is 370 g/mol. The van der Waals surface area contributed by atoms with Gasteiger partial charge >= 0.3 is 6.03 Å². The zero-order valence-corrected chi connectivity index (χ0v) is 16.3. The highest BCUT2D eigenvalue weighted by atomic mass is 16.2. The van der Waals surface area contributed by atoms with Crippen molar-refractivity contribution in [3.05, 3.63) is 54.1 Å². The Morgan fingerprint density at radius 1 is 1.10 bits per heavy atom. The Hall–Kier alpha value is -3.75. The number of carbonyl (C=O) groups is 2. The summed E-state index contributed by atoms with van der Waals surface area (Å²) in [4.78, 5) is 25.1. The first-order chi connectivity index (χ1) is 13.9. The van der Waals surface area contributed by atoms with Gasteiger partial charge in [-0.2, -0.15) is 0 Å². The van der Waals surface area contributed by atoms with E-state index >= 15 is 0 Å². The molecule has 0 aliphatic heterocycles. The first-order valence-electron chi connectivity index (χ1n) is 9.20. The number of primary amides is 1. The molecule has 0 saturated carbocycles. The molecule has 0 bridgehead atoms. The van der Waals surface area contributed by atoms with Crippen molar-refractivity contribution in [2.24, 2.45) is 5.73 Å². The molecular formula is C20H23N7O2. The van der Waals surface area contributed by atoms with Gasteiger partial charge in [-0.3, -0.25) is 4.79 Å². The average Bonchev–Trinajstić information content (AvgIpc) is 3.22. The summed E-state index contributed by atoms with van der Waals surface area (Å²) in [7, 11) is 0. The number of rotatable bonds is 7. The lowest BCUT2D eigenvalue weighted by molar-refractivity contribution is -0.118. The SMILES string of the molecule is CC(C)NC(=O)N(CC(N)=O)Cc1ccc(-c2ccccc2-c2nnn[nH]2)cc1. The number of tetrazole rings is 1. The number of amides is 3. The summed E-state index contributed by atoms with van der Waals surface area (Å²) >= 11 is 0. The van der Waals surface area contributed by atoms with Crippen LogP contribution in [-0.4, -0.2) is 50.0 Å². The number of hydrogen-bond donors (Lipinski definition) is 3. The molecule has 4 N–H and O–H groups in total. The van der Waals surface area contributed by atoms with Crippen molar-refractivity contribution in [1.29, 1.82) is 0 Å². The van der Waals surface area contributed by atoms with E-state index in [9.17, 15) is 9.59 Å². The van der Waals surface area contributed by atoms with Crippen LogP contribution in [0.15, 0.2) is 48.5 Å². The number of aromatic nitrogens is 4. The molecule has 0 radical (unpaired) electrons. The minimum atomic E-state index is -0.560. The zero-order valence-electron chi connectivity index (χ0n) is 16.3. The van der Waals surface area contributed by atoms with Gasteiger partial charge in [-0.25, -0.2) is 9.89 Å². The third-order valence-electron chi connectivity index (χ3n) is 4.21. The Balaban J connectivity index is 1.81. The van der Waals surface area contributed by atoms with Crippen LogP contribution < -0.4 is 11.1 Å². The van der Waals surface area contributed by atoms with Crippen LogP contribution in [0.4, 0.5) is 4.79 Å². The third-order valence-corrected chi connectivity index (χ3v) is 4.21. The average molecular weight is 393 g/mol. The normalized spacial score (nSPS) is 10.7. The van der Waals surface area contributed by atoms with Gasteiger partial charge in [0.15, 0.2) is 5.82 Å². The predicted octanol–water partition coefficient (Wildman–Crippen LogP) is 1.94. The molecule has 1 aromatic heterocycles. The molecule has 0 saturated heterocycles. The molecule has 0 fully saturated rings. The number of H-pyrrole nitrogens is 1. The van der Waals surface area contributed by atoms with Crippen LogP contribution in [0.25, 0.3) is 22.5 Å². The van der Waals surface area contributed by atoms with Crippen molar-refractivity contribution in [3.8, 4) is 22.5 Å². The second-order valence-electron chi connectivity index (χ2n) is 6.92. The van der Waals surface area contributed by atoms with E-state index < -0.39 is 5.91 Å². The molecule has 29 heavy (non-hydrogen) atoms. The van der Waals surface area contributed by atoms with Crippen molar-refractivity contribution >= 4 is 11.9 Å². The first kappa shape index (κ1) is 20.0. The van der Waals surface area contributed by atoms with Gasteiger partial charge in [-0.15, -0.1) is 5.10 Å². The molecule has 2 aromatic carbocycles. The van der Waals surface area contributed by atoms with Gasteiger partial charge in [-0.1, -0.05) is 48.5 Å². The number of carbonyl (C=O) groups excluding carboxylic acids is 2. The van der Waals surface area contributed by atoms with Crippen LogP contribution in [-0.2, 0) is 11.3 Å².